The Morgan fingerprint density at radius 3 is 2.91 bits per heavy atom. The Bertz CT molecular complexity index is 606. The third-order valence-electron chi connectivity index (χ3n) is 2.93. The summed E-state index contributed by atoms with van der Waals surface area (Å²) in [7, 11) is 3.34. The van der Waals surface area contributed by atoms with Crippen LogP contribution < -0.4 is 11.2 Å². The summed E-state index contributed by atoms with van der Waals surface area (Å²) in [6, 6.07) is 6.67. The molecule has 1 unspecified atom stereocenters. The molecule has 0 radical (unpaired) electrons. The predicted octanol–water partition coefficient (Wildman–Crippen LogP) is 2.15. The fraction of sp³-hybridized carbons (Fsp3) is 0.357. The second kappa shape index (κ2) is 9.06. The molecule has 5 N–H and O–H groups in total. The molecule has 0 fully saturated rings. The van der Waals surface area contributed by atoms with Gasteiger partial charge in [0.05, 0.1) is 6.61 Å². The Balaban J connectivity index is 1.89. The molecule has 0 saturated carbocycles. The van der Waals surface area contributed by atoms with Crippen LogP contribution in [0.2, 0.25) is 0 Å². The minimum Gasteiger partial charge on any atom is -0.480 e. The molecule has 0 aliphatic rings. The molecule has 8 heteroatoms. The van der Waals surface area contributed by atoms with E-state index in [1.54, 1.807) is 27.8 Å². The summed E-state index contributed by atoms with van der Waals surface area (Å²) in [6.07, 6.45) is 1.70. The Hall–Kier alpha value is -1.19. The first-order valence-corrected chi connectivity index (χ1v) is 9.33. The lowest BCUT2D eigenvalue weighted by Gasteiger charge is -2.13. The molecular weight excluding hydrogens is 322 g/mol. The summed E-state index contributed by atoms with van der Waals surface area (Å²) in [5.41, 5.74) is 9.60. The number of carbonyl (C=O) groups is 1. The Labute approximate surface area is 136 Å². The van der Waals surface area contributed by atoms with Crippen LogP contribution in [-0.4, -0.2) is 40.7 Å². The smallest absolute Gasteiger partial charge is 0.327 e. The van der Waals surface area contributed by atoms with Crippen LogP contribution in [0.4, 0.5) is 0 Å². The van der Waals surface area contributed by atoms with E-state index in [9.17, 15) is 9.90 Å². The maximum Gasteiger partial charge on any atom is 0.327 e. The molecule has 1 aromatic carbocycles. The monoisotopic (exact) mass is 341 g/mol. The first-order chi connectivity index (χ1) is 10.7. The summed E-state index contributed by atoms with van der Waals surface area (Å²) >= 11 is 0. The number of benzene rings is 1. The Morgan fingerprint density at radius 2 is 2.14 bits per heavy atom. The zero-order valence-electron chi connectivity index (χ0n) is 12.0. The van der Waals surface area contributed by atoms with Gasteiger partial charge in [-0.1, -0.05) is 39.8 Å². The van der Waals surface area contributed by atoms with Gasteiger partial charge >= 0.3 is 5.97 Å². The topological polar surface area (TPSA) is 100 Å². The SMILES string of the molecule is NCCSSCCONC(C(=O)O)c1c[nH]c2ccccc12. The highest BCUT2D eigenvalue weighted by molar-refractivity contribution is 8.76. The molecule has 0 saturated heterocycles. The summed E-state index contributed by atoms with van der Waals surface area (Å²) < 4.78 is 0. The van der Waals surface area contributed by atoms with Gasteiger partial charge in [-0.25, -0.2) is 0 Å². The van der Waals surface area contributed by atoms with Crippen molar-refractivity contribution in [1.29, 1.82) is 0 Å². The van der Waals surface area contributed by atoms with E-state index < -0.39 is 12.0 Å². The van der Waals surface area contributed by atoms with Crippen molar-refractivity contribution >= 4 is 38.5 Å². The molecule has 1 heterocycles. The van der Waals surface area contributed by atoms with E-state index >= 15 is 0 Å². The highest BCUT2D eigenvalue weighted by atomic mass is 33.1. The third kappa shape index (κ3) is 4.65. The van der Waals surface area contributed by atoms with Crippen LogP contribution in [0.5, 0.6) is 0 Å². The van der Waals surface area contributed by atoms with E-state index in [-0.39, 0.29) is 0 Å². The summed E-state index contributed by atoms with van der Waals surface area (Å²) in [6.45, 7) is 1.08. The van der Waals surface area contributed by atoms with Gasteiger partial charge in [-0.3, -0.25) is 9.63 Å². The van der Waals surface area contributed by atoms with Crippen LogP contribution in [0.3, 0.4) is 0 Å². The lowest BCUT2D eigenvalue weighted by molar-refractivity contribution is -0.144. The number of fused-ring (bicyclic) bond motifs is 1. The number of hydrogen-bond donors (Lipinski definition) is 4. The van der Waals surface area contributed by atoms with Crippen LogP contribution in [0.25, 0.3) is 10.9 Å². The van der Waals surface area contributed by atoms with Gasteiger partial charge in [-0.2, -0.15) is 5.48 Å². The average Bonchev–Trinajstić information content (AvgIpc) is 2.93. The number of aromatic nitrogens is 1. The number of nitrogens with two attached hydrogens (primary N) is 1. The first kappa shape index (κ1) is 17.2. The summed E-state index contributed by atoms with van der Waals surface area (Å²) in [5, 5.41) is 10.3. The highest BCUT2D eigenvalue weighted by Gasteiger charge is 2.22. The molecule has 22 heavy (non-hydrogen) atoms. The van der Waals surface area contributed by atoms with Crippen LogP contribution in [0.1, 0.15) is 11.6 Å². The van der Waals surface area contributed by atoms with Gasteiger partial charge in [0.2, 0.25) is 0 Å². The fourth-order valence-electron chi connectivity index (χ4n) is 1.96. The van der Waals surface area contributed by atoms with Crippen molar-refractivity contribution in [2.24, 2.45) is 5.73 Å². The molecule has 0 aliphatic carbocycles. The van der Waals surface area contributed by atoms with Gasteiger partial charge in [0.1, 0.15) is 0 Å². The molecule has 1 aromatic heterocycles. The molecule has 0 aliphatic heterocycles. The number of H-pyrrole nitrogens is 1. The van der Waals surface area contributed by atoms with Gasteiger partial charge in [-0.05, 0) is 6.07 Å². The number of aromatic amines is 1. The van der Waals surface area contributed by atoms with Gasteiger partial charge < -0.3 is 15.8 Å². The minimum absolute atomic E-state index is 0.425. The van der Waals surface area contributed by atoms with E-state index in [4.69, 9.17) is 10.6 Å². The number of carboxylic acids is 1. The molecule has 1 atom stereocenters. The van der Waals surface area contributed by atoms with Crippen molar-refractivity contribution in [3.05, 3.63) is 36.0 Å². The maximum atomic E-state index is 11.5. The average molecular weight is 341 g/mol. The first-order valence-electron chi connectivity index (χ1n) is 6.84. The van der Waals surface area contributed by atoms with Crippen molar-refractivity contribution in [2.75, 3.05) is 24.7 Å². The largest absolute Gasteiger partial charge is 0.480 e. The molecule has 2 rings (SSSR count). The summed E-state index contributed by atoms with van der Waals surface area (Å²) in [4.78, 5) is 19.8. The number of hydrogen-bond acceptors (Lipinski definition) is 6. The van der Waals surface area contributed by atoms with Crippen molar-refractivity contribution in [1.82, 2.24) is 10.5 Å². The number of rotatable bonds is 10. The van der Waals surface area contributed by atoms with E-state index in [1.165, 1.54) is 0 Å². The highest BCUT2D eigenvalue weighted by Crippen LogP contribution is 2.24. The Kier molecular flexibility index (Phi) is 7.07. The molecule has 0 spiro atoms. The number of nitrogens with one attached hydrogen (secondary N) is 2. The van der Waals surface area contributed by atoms with E-state index in [0.29, 0.717) is 18.7 Å². The van der Waals surface area contributed by atoms with Crippen molar-refractivity contribution < 1.29 is 14.7 Å². The standard InChI is InChI=1S/C14H19N3O3S2/c15-5-7-21-22-8-6-20-17-13(14(18)19)11-9-16-12-4-2-1-3-10(11)12/h1-4,9,13,16-17H,5-8,15H2,(H,18,19). The molecule has 0 bridgehead atoms. The lowest BCUT2D eigenvalue weighted by Crippen LogP contribution is -2.29. The van der Waals surface area contributed by atoms with Crippen LogP contribution in [0.15, 0.2) is 30.5 Å². The molecule has 120 valence electrons. The number of aliphatic carboxylic acids is 1. The van der Waals surface area contributed by atoms with Crippen LogP contribution >= 0.6 is 21.6 Å². The van der Waals surface area contributed by atoms with E-state index in [1.807, 2.05) is 24.3 Å². The van der Waals surface area contributed by atoms with Crippen molar-refractivity contribution in [3.8, 4) is 0 Å². The summed E-state index contributed by atoms with van der Waals surface area (Å²) in [5.74, 6) is 0.679. The second-order valence-corrected chi connectivity index (χ2v) is 7.16. The maximum absolute atomic E-state index is 11.5. The molecule has 0 amide bonds. The predicted molar refractivity (Wildman–Crippen MR) is 91.7 cm³/mol. The lowest BCUT2D eigenvalue weighted by atomic mass is 10.1. The normalized spacial score (nSPS) is 12.6. The van der Waals surface area contributed by atoms with Crippen LogP contribution in [0, 0.1) is 0 Å². The quantitative estimate of drug-likeness (QED) is 0.298. The van der Waals surface area contributed by atoms with Gasteiger partial charge in [0.15, 0.2) is 6.04 Å². The molecule has 6 nitrogen and oxygen atoms in total. The molecular formula is C14H19N3O3S2. The van der Waals surface area contributed by atoms with Gasteiger partial charge in [0, 0.05) is 40.7 Å². The molecule has 2 aromatic rings. The fourth-order valence-corrected chi connectivity index (χ4v) is 3.65. The van der Waals surface area contributed by atoms with Gasteiger partial charge in [0.25, 0.3) is 0 Å². The van der Waals surface area contributed by atoms with Crippen LogP contribution in [-0.2, 0) is 9.63 Å². The van der Waals surface area contributed by atoms with E-state index in [0.717, 1.165) is 22.4 Å². The van der Waals surface area contributed by atoms with Gasteiger partial charge in [-0.15, -0.1) is 0 Å². The Morgan fingerprint density at radius 1 is 1.36 bits per heavy atom. The van der Waals surface area contributed by atoms with Crippen molar-refractivity contribution in [2.45, 2.75) is 6.04 Å². The zero-order chi connectivity index (χ0) is 15.8. The second-order valence-electron chi connectivity index (χ2n) is 4.46. The van der Waals surface area contributed by atoms with Crippen molar-refractivity contribution in [3.63, 3.8) is 0 Å². The zero-order valence-corrected chi connectivity index (χ0v) is 13.6. The third-order valence-corrected chi connectivity index (χ3v) is 5.34. The minimum atomic E-state index is -0.977. The number of para-hydroxylation sites is 1. The number of hydroxylamine groups is 1. The number of carboxylic acid groups (broad SMARTS) is 1. The van der Waals surface area contributed by atoms with E-state index in [2.05, 4.69) is 10.5 Å².